The van der Waals surface area contributed by atoms with Crippen molar-refractivity contribution in [2.24, 2.45) is 11.8 Å². The predicted octanol–water partition coefficient (Wildman–Crippen LogP) is 1.09. The lowest BCUT2D eigenvalue weighted by molar-refractivity contribution is -0.181. The van der Waals surface area contributed by atoms with Gasteiger partial charge in [0.05, 0.1) is 18.8 Å². The van der Waals surface area contributed by atoms with Gasteiger partial charge in [-0.15, -0.1) is 0 Å². The van der Waals surface area contributed by atoms with Gasteiger partial charge in [-0.05, 0) is 50.4 Å². The maximum atomic E-state index is 13.7. The zero-order chi connectivity index (χ0) is 18.1. The minimum absolute atomic E-state index is 0.0856. The highest BCUT2D eigenvalue weighted by molar-refractivity contribution is 7.87. The molecule has 4 aliphatic carbocycles. The third-order valence-electron chi connectivity index (χ3n) is 5.95. The molecule has 1 amide bonds. The normalized spacial score (nSPS) is 42.4. The van der Waals surface area contributed by atoms with Crippen molar-refractivity contribution in [2.45, 2.75) is 61.0 Å². The zero-order valence-electron chi connectivity index (χ0n) is 13.5. The Morgan fingerprint density at radius 2 is 1.88 bits per heavy atom. The van der Waals surface area contributed by atoms with Gasteiger partial charge in [0.1, 0.15) is 6.10 Å². The molecular formula is C15H21F2NO6S. The molecule has 0 spiro atoms. The lowest BCUT2D eigenvalue weighted by Gasteiger charge is -2.61. The number of rotatable bonds is 6. The van der Waals surface area contributed by atoms with Gasteiger partial charge in [-0.3, -0.25) is 9.35 Å². The summed E-state index contributed by atoms with van der Waals surface area (Å²) < 4.78 is 68.9. The summed E-state index contributed by atoms with van der Waals surface area (Å²) in [5, 5.41) is -2.59. The van der Waals surface area contributed by atoms with Gasteiger partial charge in [0, 0.05) is 5.54 Å². The maximum absolute atomic E-state index is 13.7. The molecule has 1 saturated heterocycles. The van der Waals surface area contributed by atoms with Crippen molar-refractivity contribution in [3.8, 4) is 0 Å². The van der Waals surface area contributed by atoms with Crippen LogP contribution in [-0.2, 0) is 24.4 Å². The van der Waals surface area contributed by atoms with E-state index in [1.54, 1.807) is 0 Å². The molecule has 2 N–H and O–H groups in total. The Balaban J connectivity index is 1.53. The highest BCUT2D eigenvalue weighted by atomic mass is 32.2. The van der Waals surface area contributed by atoms with Crippen molar-refractivity contribution in [1.82, 2.24) is 5.32 Å². The van der Waals surface area contributed by atoms with Crippen LogP contribution in [0.3, 0.4) is 0 Å². The van der Waals surface area contributed by atoms with Gasteiger partial charge in [-0.2, -0.15) is 17.2 Å². The lowest BCUT2D eigenvalue weighted by Crippen LogP contribution is -2.68. The number of hydrogen-bond acceptors (Lipinski definition) is 5. The van der Waals surface area contributed by atoms with Crippen LogP contribution in [0.4, 0.5) is 8.78 Å². The van der Waals surface area contributed by atoms with Crippen LogP contribution in [0.1, 0.15) is 38.5 Å². The predicted molar refractivity (Wildman–Crippen MR) is 80.5 cm³/mol. The number of amides is 1. The van der Waals surface area contributed by atoms with Crippen molar-refractivity contribution in [3.05, 3.63) is 0 Å². The molecule has 1 heterocycles. The molecule has 0 aromatic rings. The van der Waals surface area contributed by atoms with Crippen molar-refractivity contribution in [2.75, 3.05) is 13.2 Å². The Morgan fingerprint density at radius 1 is 1.28 bits per heavy atom. The summed E-state index contributed by atoms with van der Waals surface area (Å²) in [6.45, 7) is 1.11. The van der Waals surface area contributed by atoms with E-state index in [1.165, 1.54) is 0 Å². The van der Waals surface area contributed by atoms with Crippen LogP contribution in [0.5, 0.6) is 0 Å². The molecule has 25 heavy (non-hydrogen) atoms. The first-order chi connectivity index (χ1) is 11.5. The molecule has 4 bridgehead atoms. The second-order valence-electron chi connectivity index (χ2n) is 8.14. The van der Waals surface area contributed by atoms with E-state index in [9.17, 15) is 22.0 Å². The minimum Gasteiger partial charge on any atom is -0.372 e. The first kappa shape index (κ1) is 17.6. The largest absolute Gasteiger partial charge is 0.446 e. The van der Waals surface area contributed by atoms with E-state index < -0.39 is 32.4 Å². The van der Waals surface area contributed by atoms with E-state index >= 15 is 0 Å². The number of epoxide rings is 1. The van der Waals surface area contributed by atoms with Gasteiger partial charge in [0.25, 0.3) is 0 Å². The summed E-state index contributed by atoms with van der Waals surface area (Å²) in [6.07, 6.45) is 4.14. The molecule has 4 saturated carbocycles. The Labute approximate surface area is 144 Å². The molecule has 5 aliphatic rings. The number of ether oxygens (including phenoxy) is 2. The van der Waals surface area contributed by atoms with Gasteiger partial charge in [-0.1, -0.05) is 0 Å². The van der Waals surface area contributed by atoms with Gasteiger partial charge in [0.15, 0.2) is 0 Å². The molecule has 7 nitrogen and oxygen atoms in total. The average Bonchev–Trinajstić information content (AvgIpc) is 3.26. The van der Waals surface area contributed by atoms with E-state index in [1.807, 2.05) is 0 Å². The zero-order valence-corrected chi connectivity index (χ0v) is 14.4. The molecule has 5 rings (SSSR count). The standard InChI is InChI=1S/C15H21F2NO6S/c16-15(17,25(20,21)22)12(19)18-13-2-9-1-10(3-13)5-14(4-9,8-13)24-7-11-6-23-11/h9-11H,1-8H2,(H,18,19)(H,20,21,22). The van der Waals surface area contributed by atoms with Crippen LogP contribution in [0.15, 0.2) is 0 Å². The Bertz CT molecular complexity index is 678. The highest BCUT2D eigenvalue weighted by Crippen LogP contribution is 2.59. The number of carbonyl (C=O) groups excluding carboxylic acids is 1. The molecule has 142 valence electrons. The molecule has 0 radical (unpaired) electrons. The number of alkyl halides is 2. The van der Waals surface area contributed by atoms with Gasteiger partial charge >= 0.3 is 21.3 Å². The smallest absolute Gasteiger partial charge is 0.372 e. The van der Waals surface area contributed by atoms with Crippen LogP contribution in [0, 0.1) is 11.8 Å². The van der Waals surface area contributed by atoms with Crippen LogP contribution >= 0.6 is 0 Å². The topological polar surface area (TPSA) is 105 Å². The fourth-order valence-electron chi connectivity index (χ4n) is 5.36. The third-order valence-corrected chi connectivity index (χ3v) is 6.79. The monoisotopic (exact) mass is 381 g/mol. The SMILES string of the molecule is O=C(NC12CC3CC(C1)CC(OCC1CO1)(C3)C2)C(F)(F)S(=O)(=O)O. The summed E-state index contributed by atoms with van der Waals surface area (Å²) in [4.78, 5) is 11.9. The molecule has 5 fully saturated rings. The molecular weight excluding hydrogens is 360 g/mol. The fraction of sp³-hybridized carbons (Fsp3) is 0.933. The van der Waals surface area contributed by atoms with Gasteiger partial charge in [-0.25, -0.2) is 0 Å². The van der Waals surface area contributed by atoms with E-state index in [2.05, 4.69) is 5.32 Å². The highest BCUT2D eigenvalue weighted by Gasteiger charge is 2.62. The lowest BCUT2D eigenvalue weighted by atomic mass is 9.51. The Morgan fingerprint density at radius 3 is 2.40 bits per heavy atom. The van der Waals surface area contributed by atoms with Crippen LogP contribution in [0.25, 0.3) is 0 Å². The summed E-state index contributed by atoms with van der Waals surface area (Å²) in [7, 11) is -5.81. The fourth-order valence-corrected chi connectivity index (χ4v) is 5.64. The summed E-state index contributed by atoms with van der Waals surface area (Å²) in [5.74, 6) is -1.46. The third kappa shape index (κ3) is 3.07. The van der Waals surface area contributed by atoms with Crippen molar-refractivity contribution in [1.29, 1.82) is 0 Å². The van der Waals surface area contributed by atoms with Crippen LogP contribution in [0.2, 0.25) is 0 Å². The first-order valence-corrected chi connectivity index (χ1v) is 9.90. The van der Waals surface area contributed by atoms with Crippen molar-refractivity contribution in [3.63, 3.8) is 0 Å². The molecule has 3 atom stereocenters. The van der Waals surface area contributed by atoms with E-state index in [0.29, 0.717) is 32.5 Å². The van der Waals surface area contributed by atoms with E-state index in [-0.39, 0.29) is 17.9 Å². The number of hydrogen-bond donors (Lipinski definition) is 2. The van der Waals surface area contributed by atoms with E-state index in [4.69, 9.17) is 14.0 Å². The minimum atomic E-state index is -5.81. The molecule has 3 unspecified atom stereocenters. The molecule has 0 aromatic heterocycles. The second-order valence-corrected chi connectivity index (χ2v) is 9.60. The number of halogens is 2. The maximum Gasteiger partial charge on any atom is 0.446 e. The average molecular weight is 381 g/mol. The quantitative estimate of drug-likeness (QED) is 0.527. The summed E-state index contributed by atoms with van der Waals surface area (Å²) >= 11 is 0. The number of nitrogens with one attached hydrogen (secondary N) is 1. The second kappa shape index (κ2) is 5.34. The van der Waals surface area contributed by atoms with E-state index in [0.717, 1.165) is 19.3 Å². The number of carbonyl (C=O) groups is 1. The summed E-state index contributed by atoms with van der Waals surface area (Å²) in [6, 6.07) is 0. The Hall–Kier alpha value is -0.840. The molecule has 0 aromatic carbocycles. The van der Waals surface area contributed by atoms with Gasteiger partial charge in [0.2, 0.25) is 0 Å². The molecule has 10 heteroatoms. The van der Waals surface area contributed by atoms with Crippen molar-refractivity contribution >= 4 is 16.0 Å². The van der Waals surface area contributed by atoms with Crippen LogP contribution in [-0.4, -0.2) is 54.6 Å². The summed E-state index contributed by atoms with van der Waals surface area (Å²) in [5.41, 5.74) is -1.38. The van der Waals surface area contributed by atoms with Crippen LogP contribution < -0.4 is 5.32 Å². The van der Waals surface area contributed by atoms with Crippen molar-refractivity contribution < 1.29 is 36.0 Å². The van der Waals surface area contributed by atoms with Gasteiger partial charge < -0.3 is 14.8 Å². The Kier molecular flexibility index (Phi) is 3.75. The molecule has 1 aliphatic heterocycles. The first-order valence-electron chi connectivity index (χ1n) is 8.46.